The highest BCUT2D eigenvalue weighted by Crippen LogP contribution is 2.28. The second kappa shape index (κ2) is 9.76. The van der Waals surface area contributed by atoms with Gasteiger partial charge >= 0.3 is 6.09 Å². The van der Waals surface area contributed by atoms with Gasteiger partial charge in [-0.2, -0.15) is 0 Å². The summed E-state index contributed by atoms with van der Waals surface area (Å²) in [4.78, 5) is 30.0. The van der Waals surface area contributed by atoms with E-state index in [9.17, 15) is 9.59 Å². The Morgan fingerprint density at radius 1 is 1.16 bits per heavy atom. The summed E-state index contributed by atoms with van der Waals surface area (Å²) in [5, 5.41) is 4.04. The number of benzene rings is 1. The molecule has 2 aliphatic rings. The molecule has 0 aromatic heterocycles. The molecule has 0 radical (unpaired) electrons. The second-order valence-electron chi connectivity index (χ2n) is 9.64. The smallest absolute Gasteiger partial charge is 0.410 e. The van der Waals surface area contributed by atoms with Crippen LogP contribution >= 0.6 is 11.6 Å². The SMILES string of the molecule is CC(C)NC[C@@H](C(=O)N1C2COCC1CN(C(=O)OC(C)(C)C)C2)c1ccc(Cl)cc1. The van der Waals surface area contributed by atoms with Crippen molar-refractivity contribution in [2.45, 2.75) is 64.3 Å². The van der Waals surface area contributed by atoms with Crippen LogP contribution in [0.25, 0.3) is 0 Å². The van der Waals surface area contributed by atoms with E-state index in [1.54, 1.807) is 4.90 Å². The van der Waals surface area contributed by atoms with Gasteiger partial charge in [0.25, 0.3) is 0 Å². The number of nitrogens with zero attached hydrogens (tertiary/aromatic N) is 2. The van der Waals surface area contributed by atoms with Gasteiger partial charge < -0.3 is 24.6 Å². The van der Waals surface area contributed by atoms with Gasteiger partial charge in [-0.1, -0.05) is 37.6 Å². The molecule has 7 nitrogen and oxygen atoms in total. The molecule has 0 spiro atoms. The minimum absolute atomic E-state index is 0.0533. The Hall–Kier alpha value is -1.83. The van der Waals surface area contributed by atoms with Crippen LogP contribution in [0, 0.1) is 0 Å². The van der Waals surface area contributed by atoms with Crippen LogP contribution in [-0.4, -0.2) is 78.4 Å². The highest BCUT2D eigenvalue weighted by atomic mass is 35.5. The van der Waals surface area contributed by atoms with Crippen LogP contribution in [0.1, 0.15) is 46.1 Å². The van der Waals surface area contributed by atoms with Gasteiger partial charge in [0.2, 0.25) is 5.91 Å². The molecule has 2 amide bonds. The molecular weight excluding hydrogens is 418 g/mol. The fourth-order valence-corrected chi connectivity index (χ4v) is 4.20. The lowest BCUT2D eigenvalue weighted by atomic mass is 9.93. The molecule has 2 fully saturated rings. The van der Waals surface area contributed by atoms with E-state index >= 15 is 0 Å². The first kappa shape index (κ1) is 23.8. The number of hydrogen-bond acceptors (Lipinski definition) is 5. The number of halogens is 1. The fraction of sp³-hybridized carbons (Fsp3) is 0.652. The maximum atomic E-state index is 13.8. The molecule has 8 heteroatoms. The van der Waals surface area contributed by atoms with E-state index in [1.807, 2.05) is 49.9 Å². The fourth-order valence-electron chi connectivity index (χ4n) is 4.08. The number of carbonyl (C=O) groups is 2. The lowest BCUT2D eigenvalue weighted by Crippen LogP contribution is -2.68. The molecule has 0 saturated carbocycles. The van der Waals surface area contributed by atoms with Gasteiger partial charge in [0.05, 0.1) is 31.2 Å². The third-order valence-electron chi connectivity index (χ3n) is 5.48. The Morgan fingerprint density at radius 2 is 1.74 bits per heavy atom. The summed E-state index contributed by atoms with van der Waals surface area (Å²) in [7, 11) is 0. The minimum atomic E-state index is -0.558. The minimum Gasteiger partial charge on any atom is -0.444 e. The van der Waals surface area contributed by atoms with Crippen molar-refractivity contribution in [2.24, 2.45) is 0 Å². The van der Waals surface area contributed by atoms with E-state index in [4.69, 9.17) is 21.1 Å². The van der Waals surface area contributed by atoms with Crippen LogP contribution in [0.15, 0.2) is 24.3 Å². The first-order valence-electron chi connectivity index (χ1n) is 10.9. The predicted octanol–water partition coefficient (Wildman–Crippen LogP) is 3.27. The number of rotatable bonds is 5. The molecule has 2 unspecified atom stereocenters. The van der Waals surface area contributed by atoms with E-state index in [1.165, 1.54) is 0 Å². The Morgan fingerprint density at radius 3 is 2.26 bits per heavy atom. The number of morpholine rings is 1. The van der Waals surface area contributed by atoms with E-state index in [-0.39, 0.29) is 36.0 Å². The Bertz CT molecular complexity index is 764. The van der Waals surface area contributed by atoms with Gasteiger partial charge in [-0.25, -0.2) is 4.79 Å². The number of carbonyl (C=O) groups excluding carboxylic acids is 2. The van der Waals surface area contributed by atoms with E-state index in [0.717, 1.165) is 5.56 Å². The molecule has 1 N–H and O–H groups in total. The van der Waals surface area contributed by atoms with Crippen LogP contribution in [0.5, 0.6) is 0 Å². The van der Waals surface area contributed by atoms with Crippen LogP contribution in [0.4, 0.5) is 4.79 Å². The average Bonchev–Trinajstić information content (AvgIpc) is 2.66. The maximum Gasteiger partial charge on any atom is 0.410 e. The Labute approximate surface area is 190 Å². The van der Waals surface area contributed by atoms with Crippen LogP contribution in [-0.2, 0) is 14.3 Å². The normalized spacial score (nSPS) is 22.4. The van der Waals surface area contributed by atoms with Gasteiger partial charge in [-0.05, 0) is 38.5 Å². The zero-order valence-corrected chi connectivity index (χ0v) is 19.8. The molecule has 3 atom stereocenters. The molecular formula is C23H34ClN3O4. The monoisotopic (exact) mass is 451 g/mol. The molecule has 2 heterocycles. The third-order valence-corrected chi connectivity index (χ3v) is 5.73. The molecule has 2 bridgehead atoms. The summed E-state index contributed by atoms with van der Waals surface area (Å²) in [5.41, 5.74) is 0.369. The van der Waals surface area contributed by atoms with Crippen molar-refractivity contribution >= 4 is 23.6 Å². The molecule has 2 saturated heterocycles. The Balaban J connectivity index is 1.79. The van der Waals surface area contributed by atoms with E-state index < -0.39 is 5.60 Å². The van der Waals surface area contributed by atoms with Crippen LogP contribution in [0.3, 0.4) is 0 Å². The summed E-state index contributed by atoms with van der Waals surface area (Å²) in [6, 6.07) is 7.33. The van der Waals surface area contributed by atoms with Crippen molar-refractivity contribution < 1.29 is 19.1 Å². The van der Waals surface area contributed by atoms with Gasteiger partial charge in [-0.15, -0.1) is 0 Å². The number of nitrogens with one attached hydrogen (secondary N) is 1. The van der Waals surface area contributed by atoms with Crippen molar-refractivity contribution in [1.82, 2.24) is 15.1 Å². The average molecular weight is 452 g/mol. The lowest BCUT2D eigenvalue weighted by Gasteiger charge is -2.50. The zero-order chi connectivity index (χ0) is 22.8. The molecule has 172 valence electrons. The third kappa shape index (κ3) is 6.11. The van der Waals surface area contributed by atoms with Crippen LogP contribution < -0.4 is 5.32 Å². The van der Waals surface area contributed by atoms with Crippen molar-refractivity contribution in [3.05, 3.63) is 34.9 Å². The van der Waals surface area contributed by atoms with E-state index in [2.05, 4.69) is 19.2 Å². The number of hydrogen-bond donors (Lipinski definition) is 1. The van der Waals surface area contributed by atoms with Crippen LogP contribution in [0.2, 0.25) is 5.02 Å². The summed E-state index contributed by atoms with van der Waals surface area (Å²) in [6.07, 6.45) is -0.341. The van der Waals surface area contributed by atoms with Gasteiger partial charge in [-0.3, -0.25) is 4.79 Å². The molecule has 1 aromatic rings. The molecule has 1 aromatic carbocycles. The first-order valence-corrected chi connectivity index (χ1v) is 11.3. The van der Waals surface area contributed by atoms with E-state index in [0.29, 0.717) is 37.9 Å². The number of piperazine rings is 1. The van der Waals surface area contributed by atoms with Crippen molar-refractivity contribution in [3.8, 4) is 0 Å². The highest BCUT2D eigenvalue weighted by molar-refractivity contribution is 6.30. The second-order valence-corrected chi connectivity index (χ2v) is 10.1. The van der Waals surface area contributed by atoms with Crippen molar-refractivity contribution in [3.63, 3.8) is 0 Å². The maximum absolute atomic E-state index is 13.8. The molecule has 2 aliphatic heterocycles. The summed E-state index contributed by atoms with van der Waals surface area (Å²) < 4.78 is 11.3. The quantitative estimate of drug-likeness (QED) is 0.743. The predicted molar refractivity (Wildman–Crippen MR) is 120 cm³/mol. The summed E-state index contributed by atoms with van der Waals surface area (Å²) in [6.45, 7) is 11.8. The molecule has 31 heavy (non-hydrogen) atoms. The summed E-state index contributed by atoms with van der Waals surface area (Å²) in [5.74, 6) is -0.284. The van der Waals surface area contributed by atoms with Crippen molar-refractivity contribution in [2.75, 3.05) is 32.8 Å². The standard InChI is InChI=1S/C23H34ClN3O4/c1-15(2)25-10-20(16-6-8-17(24)9-7-16)21(28)27-18-11-26(12-19(27)14-30-13-18)22(29)31-23(3,4)5/h6-9,15,18-20,25H,10-14H2,1-5H3/t18?,19?,20-/m1/s1. The van der Waals surface area contributed by atoms with Gasteiger partial charge in [0.1, 0.15) is 5.60 Å². The first-order chi connectivity index (χ1) is 14.5. The topological polar surface area (TPSA) is 71.1 Å². The lowest BCUT2D eigenvalue weighted by molar-refractivity contribution is -0.156. The number of amides is 2. The van der Waals surface area contributed by atoms with Gasteiger partial charge in [0.15, 0.2) is 0 Å². The Kier molecular flexibility index (Phi) is 7.50. The van der Waals surface area contributed by atoms with Gasteiger partial charge in [0, 0.05) is 30.7 Å². The highest BCUT2D eigenvalue weighted by Gasteiger charge is 2.45. The number of ether oxygens (including phenoxy) is 2. The number of fused-ring (bicyclic) bond motifs is 2. The largest absolute Gasteiger partial charge is 0.444 e. The zero-order valence-electron chi connectivity index (χ0n) is 19.1. The molecule has 0 aliphatic carbocycles. The summed E-state index contributed by atoms with van der Waals surface area (Å²) >= 11 is 6.06. The molecule has 3 rings (SSSR count). The van der Waals surface area contributed by atoms with Crippen molar-refractivity contribution in [1.29, 1.82) is 0 Å².